The van der Waals surface area contributed by atoms with E-state index in [0.29, 0.717) is 51.4 Å². The number of hydrogen-bond acceptors (Lipinski definition) is 8. The van der Waals surface area contributed by atoms with Gasteiger partial charge in [0.1, 0.15) is 18.2 Å². The van der Waals surface area contributed by atoms with Crippen molar-refractivity contribution in [2.75, 3.05) is 61.5 Å². The van der Waals surface area contributed by atoms with Crippen LogP contribution in [-0.4, -0.2) is 80.5 Å². The Labute approximate surface area is 190 Å². The van der Waals surface area contributed by atoms with Gasteiger partial charge >= 0.3 is 6.18 Å². The van der Waals surface area contributed by atoms with Crippen LogP contribution in [0.15, 0.2) is 6.07 Å². The fourth-order valence-corrected chi connectivity index (χ4v) is 4.20. The van der Waals surface area contributed by atoms with E-state index in [0.717, 1.165) is 12.8 Å². The number of aromatic nitrogens is 2. The molecule has 1 aromatic heterocycles. The second-order valence-electron chi connectivity index (χ2n) is 8.18. The maximum atomic E-state index is 13.4. The van der Waals surface area contributed by atoms with Crippen LogP contribution in [-0.2, 0) is 25.8 Å². The van der Waals surface area contributed by atoms with E-state index < -0.39 is 33.8 Å². The highest BCUT2D eigenvalue weighted by Gasteiger charge is 2.37. The van der Waals surface area contributed by atoms with Crippen molar-refractivity contribution in [3.8, 4) is 0 Å². The lowest BCUT2D eigenvalue weighted by Gasteiger charge is -2.33. The summed E-state index contributed by atoms with van der Waals surface area (Å²) in [4.78, 5) is 22.8. The lowest BCUT2D eigenvalue weighted by molar-refractivity contribution is -0.144. The number of hydrogen-bond donors (Lipinski definition) is 2. The molecule has 0 atom stereocenters. The average Bonchev–Trinajstić information content (AvgIpc) is 3.27. The molecule has 0 bridgehead atoms. The van der Waals surface area contributed by atoms with E-state index in [1.165, 1.54) is 0 Å². The van der Waals surface area contributed by atoms with Gasteiger partial charge < -0.3 is 19.9 Å². The van der Waals surface area contributed by atoms with E-state index in [4.69, 9.17) is 9.29 Å². The van der Waals surface area contributed by atoms with Gasteiger partial charge in [0, 0.05) is 38.8 Å². The molecule has 2 aliphatic heterocycles. The molecule has 2 aliphatic rings. The van der Waals surface area contributed by atoms with Crippen molar-refractivity contribution in [3.05, 3.63) is 11.9 Å². The number of ether oxygens (including phenoxy) is 1. The summed E-state index contributed by atoms with van der Waals surface area (Å²) in [5, 5.41) is 2.33. The number of rotatable bonds is 9. The number of piperidine rings is 1. The number of alkyl halides is 3. The molecule has 186 valence electrons. The Morgan fingerprint density at radius 2 is 1.70 bits per heavy atom. The normalized spacial score (nSPS) is 18.1. The van der Waals surface area contributed by atoms with Crippen molar-refractivity contribution in [2.45, 2.75) is 31.9 Å². The van der Waals surface area contributed by atoms with Crippen molar-refractivity contribution in [1.29, 1.82) is 0 Å². The Kier molecular flexibility index (Phi) is 8.34. The van der Waals surface area contributed by atoms with Crippen molar-refractivity contribution in [2.24, 2.45) is 5.92 Å². The maximum Gasteiger partial charge on any atom is 0.451 e. The first-order valence-corrected chi connectivity index (χ1v) is 12.4. The minimum Gasteiger partial charge on any atom is -0.371 e. The van der Waals surface area contributed by atoms with Crippen molar-refractivity contribution < 1.29 is 35.7 Å². The van der Waals surface area contributed by atoms with Gasteiger partial charge in [-0.3, -0.25) is 9.35 Å². The van der Waals surface area contributed by atoms with Gasteiger partial charge in [0.15, 0.2) is 0 Å². The van der Waals surface area contributed by atoms with Crippen molar-refractivity contribution in [3.63, 3.8) is 0 Å². The molecule has 14 heteroatoms. The molecule has 2 saturated heterocycles. The zero-order chi connectivity index (χ0) is 24.1. The summed E-state index contributed by atoms with van der Waals surface area (Å²) < 4.78 is 75.3. The Morgan fingerprint density at radius 1 is 1.12 bits per heavy atom. The molecule has 0 aromatic carbocycles. The SMILES string of the molecule is O=C(COCC1CCN(c2cc(N3CCCC3)nc(C(F)(F)F)n2)CC1)NCCS(=O)(=O)O. The van der Waals surface area contributed by atoms with Gasteiger partial charge in [0.25, 0.3) is 10.1 Å². The molecule has 0 unspecified atom stereocenters. The summed E-state index contributed by atoms with van der Waals surface area (Å²) >= 11 is 0. The largest absolute Gasteiger partial charge is 0.451 e. The molecule has 2 N–H and O–H groups in total. The monoisotopic (exact) mass is 495 g/mol. The molecule has 0 spiro atoms. The Hall–Kier alpha value is -2.19. The molecule has 33 heavy (non-hydrogen) atoms. The average molecular weight is 496 g/mol. The van der Waals surface area contributed by atoms with Crippen LogP contribution in [0.2, 0.25) is 0 Å². The van der Waals surface area contributed by atoms with Crippen LogP contribution in [0.5, 0.6) is 0 Å². The predicted octanol–water partition coefficient (Wildman–Crippen LogP) is 1.33. The minimum atomic E-state index is -4.63. The molecule has 1 aromatic rings. The van der Waals surface area contributed by atoms with Crippen molar-refractivity contribution >= 4 is 27.7 Å². The van der Waals surface area contributed by atoms with Crippen LogP contribution in [0.4, 0.5) is 24.8 Å². The third-order valence-corrected chi connectivity index (χ3v) is 6.31. The third kappa shape index (κ3) is 7.96. The molecule has 0 radical (unpaired) electrons. The number of halogens is 3. The summed E-state index contributed by atoms with van der Waals surface area (Å²) in [6.07, 6.45) is -1.46. The first-order chi connectivity index (χ1) is 15.5. The zero-order valence-corrected chi connectivity index (χ0v) is 18.9. The molecule has 1 amide bonds. The third-order valence-electron chi connectivity index (χ3n) is 5.59. The minimum absolute atomic E-state index is 0.133. The number of nitrogens with zero attached hydrogens (tertiary/aromatic N) is 4. The molecule has 10 nitrogen and oxygen atoms in total. The van der Waals surface area contributed by atoms with Crippen LogP contribution in [0.25, 0.3) is 0 Å². The standard InChI is InChI=1S/C19H28F3N5O5S/c20-19(21,22)18-24-15(26-6-1-2-7-26)11-16(25-18)27-8-3-14(4-9-27)12-32-13-17(28)23-5-10-33(29,30)31/h11,14H,1-10,12-13H2,(H,23,28)(H,29,30,31). The smallest absolute Gasteiger partial charge is 0.371 e. The second-order valence-corrected chi connectivity index (χ2v) is 9.75. The number of amides is 1. The highest BCUT2D eigenvalue weighted by atomic mass is 32.2. The summed E-state index contributed by atoms with van der Waals surface area (Å²) in [5.41, 5.74) is 0. The van der Waals surface area contributed by atoms with E-state index in [-0.39, 0.29) is 24.9 Å². The van der Waals surface area contributed by atoms with Gasteiger partial charge in [-0.25, -0.2) is 9.97 Å². The topological polar surface area (TPSA) is 125 Å². The number of anilines is 2. The molecule has 2 fully saturated rings. The number of carbonyl (C=O) groups is 1. The number of nitrogens with one attached hydrogen (secondary N) is 1. The Balaban J connectivity index is 1.49. The van der Waals surface area contributed by atoms with Gasteiger partial charge in [-0.05, 0) is 31.6 Å². The molecule has 0 aliphatic carbocycles. The van der Waals surface area contributed by atoms with Gasteiger partial charge in [-0.15, -0.1) is 0 Å². The first kappa shape index (κ1) is 25.4. The second kappa shape index (κ2) is 10.8. The van der Waals surface area contributed by atoms with Gasteiger partial charge in [-0.1, -0.05) is 0 Å². The molecule has 0 saturated carbocycles. The lowest BCUT2D eigenvalue weighted by Crippen LogP contribution is -2.37. The van der Waals surface area contributed by atoms with E-state index >= 15 is 0 Å². The van der Waals surface area contributed by atoms with E-state index in [1.807, 2.05) is 9.80 Å². The molecular formula is C19H28F3N5O5S. The van der Waals surface area contributed by atoms with Crippen LogP contribution in [0, 0.1) is 5.92 Å². The summed E-state index contributed by atoms with van der Waals surface area (Å²) in [6, 6.07) is 1.62. The molecular weight excluding hydrogens is 467 g/mol. The maximum absolute atomic E-state index is 13.4. The van der Waals surface area contributed by atoms with Crippen molar-refractivity contribution in [1.82, 2.24) is 15.3 Å². The van der Waals surface area contributed by atoms with E-state index in [2.05, 4.69) is 15.3 Å². The van der Waals surface area contributed by atoms with Gasteiger partial charge in [-0.2, -0.15) is 21.6 Å². The highest BCUT2D eigenvalue weighted by Crippen LogP contribution is 2.32. The summed E-state index contributed by atoms with van der Waals surface area (Å²) in [7, 11) is -4.14. The predicted molar refractivity (Wildman–Crippen MR) is 114 cm³/mol. The first-order valence-electron chi connectivity index (χ1n) is 10.8. The van der Waals surface area contributed by atoms with Crippen LogP contribution in [0.3, 0.4) is 0 Å². The van der Waals surface area contributed by atoms with E-state index in [1.54, 1.807) is 6.07 Å². The zero-order valence-electron chi connectivity index (χ0n) is 18.1. The fraction of sp³-hybridized carbons (Fsp3) is 0.737. The fourth-order valence-electron chi connectivity index (χ4n) is 3.84. The van der Waals surface area contributed by atoms with Crippen LogP contribution >= 0.6 is 0 Å². The Bertz CT molecular complexity index is 917. The van der Waals surface area contributed by atoms with Crippen LogP contribution in [0.1, 0.15) is 31.5 Å². The van der Waals surface area contributed by atoms with E-state index in [9.17, 15) is 26.4 Å². The molecule has 3 rings (SSSR count). The lowest BCUT2D eigenvalue weighted by atomic mass is 9.98. The summed E-state index contributed by atoms with van der Waals surface area (Å²) in [5.74, 6) is -1.50. The Morgan fingerprint density at radius 3 is 2.24 bits per heavy atom. The van der Waals surface area contributed by atoms with Gasteiger partial charge in [0.05, 0.1) is 12.4 Å². The van der Waals surface area contributed by atoms with Gasteiger partial charge in [0.2, 0.25) is 11.7 Å². The summed E-state index contributed by atoms with van der Waals surface area (Å²) in [6.45, 7) is 2.21. The quantitative estimate of drug-likeness (QED) is 0.488. The molecule has 3 heterocycles. The van der Waals surface area contributed by atoms with Crippen LogP contribution < -0.4 is 15.1 Å². The number of carbonyl (C=O) groups excluding carboxylic acids is 1. The highest BCUT2D eigenvalue weighted by molar-refractivity contribution is 7.85.